The van der Waals surface area contributed by atoms with Gasteiger partial charge in [0.25, 0.3) is 0 Å². The molecule has 0 unspecified atom stereocenters. The molecule has 158 valence electrons. The van der Waals surface area contributed by atoms with Gasteiger partial charge in [-0.05, 0) is 37.5 Å². The molecular formula is C19H26N4O5S. The minimum absolute atomic E-state index is 0.0128. The average Bonchev–Trinajstić information content (AvgIpc) is 3.37. The second-order valence-corrected chi connectivity index (χ2v) is 8.03. The number of aromatic nitrogens is 3. The highest BCUT2D eigenvalue weighted by Gasteiger charge is 2.22. The Morgan fingerprint density at radius 2 is 2.21 bits per heavy atom. The van der Waals surface area contributed by atoms with Gasteiger partial charge in [-0.15, -0.1) is 5.10 Å². The number of aromatic amines is 1. The van der Waals surface area contributed by atoms with Gasteiger partial charge in [0, 0.05) is 13.2 Å². The lowest BCUT2D eigenvalue weighted by molar-refractivity contribution is -0.120. The first-order valence-electron chi connectivity index (χ1n) is 9.44. The Morgan fingerprint density at radius 1 is 1.41 bits per heavy atom. The number of hydrogen-bond acceptors (Lipinski definition) is 7. The lowest BCUT2D eigenvalue weighted by atomic mass is 10.2. The monoisotopic (exact) mass is 422 g/mol. The molecule has 0 radical (unpaired) electrons. The van der Waals surface area contributed by atoms with Crippen LogP contribution in [0.2, 0.25) is 0 Å². The quantitative estimate of drug-likeness (QED) is 0.591. The number of nitrogens with zero attached hydrogens (tertiary/aromatic N) is 2. The molecule has 1 aliphatic rings. The van der Waals surface area contributed by atoms with Crippen LogP contribution in [0, 0.1) is 0 Å². The first-order valence-corrected chi connectivity index (χ1v) is 10.3. The summed E-state index contributed by atoms with van der Waals surface area (Å²) in [6, 6.07) is 5.49. The van der Waals surface area contributed by atoms with Crippen LogP contribution in [0.5, 0.6) is 11.5 Å². The van der Waals surface area contributed by atoms with Crippen molar-refractivity contribution in [3.8, 4) is 11.5 Å². The fourth-order valence-corrected chi connectivity index (χ4v) is 3.97. The largest absolute Gasteiger partial charge is 0.493 e. The van der Waals surface area contributed by atoms with Gasteiger partial charge in [-0.1, -0.05) is 17.8 Å². The van der Waals surface area contributed by atoms with E-state index in [1.807, 2.05) is 12.1 Å². The van der Waals surface area contributed by atoms with Crippen molar-refractivity contribution < 1.29 is 19.0 Å². The molecule has 0 aliphatic carbocycles. The van der Waals surface area contributed by atoms with E-state index in [4.69, 9.17) is 14.2 Å². The summed E-state index contributed by atoms with van der Waals surface area (Å²) in [4.78, 5) is 24.6. The number of thioether (sulfide) groups is 1. The van der Waals surface area contributed by atoms with E-state index in [9.17, 15) is 9.59 Å². The predicted molar refractivity (Wildman–Crippen MR) is 109 cm³/mol. The van der Waals surface area contributed by atoms with Crippen molar-refractivity contribution in [1.29, 1.82) is 0 Å². The molecule has 1 aromatic heterocycles. The lowest BCUT2D eigenvalue weighted by Gasteiger charge is -2.14. The van der Waals surface area contributed by atoms with Crippen molar-refractivity contribution in [1.82, 2.24) is 20.1 Å². The van der Waals surface area contributed by atoms with Gasteiger partial charge in [-0.2, -0.15) is 0 Å². The molecule has 9 nitrogen and oxygen atoms in total. The molecule has 1 aliphatic heterocycles. The topological polar surface area (TPSA) is 107 Å². The van der Waals surface area contributed by atoms with Crippen molar-refractivity contribution in [2.75, 3.05) is 20.8 Å². The molecule has 0 saturated carbocycles. The van der Waals surface area contributed by atoms with Crippen LogP contribution in [-0.2, 0) is 22.6 Å². The van der Waals surface area contributed by atoms with Gasteiger partial charge in [0.05, 0.1) is 32.1 Å². The zero-order valence-corrected chi connectivity index (χ0v) is 17.6. The summed E-state index contributed by atoms with van der Waals surface area (Å²) in [5.41, 5.74) is 0.601. The van der Waals surface area contributed by atoms with E-state index in [0.717, 1.165) is 18.4 Å². The standard InChI is InChI=1S/C19H26N4O5S/c1-12(17(24)20-10-13-6-7-15(26-2)16(9-13)27-3)29-19-22-21-18(25)23(19)11-14-5-4-8-28-14/h6-7,9,12,14H,4-5,8,10-11H2,1-3H3,(H,20,24)(H,21,25)/t12-,14+/m1/s1. The Kier molecular flexibility index (Phi) is 7.21. The summed E-state index contributed by atoms with van der Waals surface area (Å²) in [6.45, 7) is 3.30. The summed E-state index contributed by atoms with van der Waals surface area (Å²) in [7, 11) is 3.14. The molecule has 0 spiro atoms. The van der Waals surface area contributed by atoms with E-state index in [1.54, 1.807) is 31.8 Å². The van der Waals surface area contributed by atoms with Crippen LogP contribution >= 0.6 is 11.8 Å². The minimum atomic E-state index is -0.423. The summed E-state index contributed by atoms with van der Waals surface area (Å²) >= 11 is 1.24. The van der Waals surface area contributed by atoms with Crippen LogP contribution in [-0.4, -0.2) is 52.9 Å². The van der Waals surface area contributed by atoms with Gasteiger partial charge in [0.15, 0.2) is 16.7 Å². The second kappa shape index (κ2) is 9.84. The molecule has 2 N–H and O–H groups in total. The fourth-order valence-electron chi connectivity index (χ4n) is 3.08. The number of nitrogens with one attached hydrogen (secondary N) is 2. The van der Waals surface area contributed by atoms with E-state index in [0.29, 0.717) is 36.4 Å². The van der Waals surface area contributed by atoms with Crippen LogP contribution < -0.4 is 20.5 Å². The van der Waals surface area contributed by atoms with Gasteiger partial charge < -0.3 is 19.5 Å². The number of hydrogen-bond donors (Lipinski definition) is 2. The molecule has 1 fully saturated rings. The predicted octanol–water partition coefficient (Wildman–Crippen LogP) is 1.56. The summed E-state index contributed by atoms with van der Waals surface area (Å²) < 4.78 is 17.6. The molecule has 29 heavy (non-hydrogen) atoms. The summed E-state index contributed by atoms with van der Waals surface area (Å²) in [6.07, 6.45) is 1.93. The van der Waals surface area contributed by atoms with Crippen molar-refractivity contribution >= 4 is 17.7 Å². The molecule has 0 bridgehead atoms. The highest BCUT2D eigenvalue weighted by molar-refractivity contribution is 8.00. The minimum Gasteiger partial charge on any atom is -0.493 e. The normalized spacial score (nSPS) is 17.1. The van der Waals surface area contributed by atoms with Crippen LogP contribution in [0.1, 0.15) is 25.3 Å². The molecule has 2 heterocycles. The molecular weight excluding hydrogens is 396 g/mol. The van der Waals surface area contributed by atoms with E-state index in [1.165, 1.54) is 11.8 Å². The van der Waals surface area contributed by atoms with Gasteiger partial charge >= 0.3 is 5.69 Å². The Bertz CT molecular complexity index is 891. The van der Waals surface area contributed by atoms with E-state index in [2.05, 4.69) is 15.5 Å². The molecule has 2 atom stereocenters. The summed E-state index contributed by atoms with van der Waals surface area (Å²) in [5, 5.41) is 9.49. The van der Waals surface area contributed by atoms with Gasteiger partial charge in [-0.25, -0.2) is 9.89 Å². The van der Waals surface area contributed by atoms with E-state index >= 15 is 0 Å². The van der Waals surface area contributed by atoms with Gasteiger partial charge in [0.1, 0.15) is 0 Å². The Balaban J connectivity index is 1.58. The Hall–Kier alpha value is -2.46. The molecule has 3 rings (SSSR count). The molecule has 1 aromatic carbocycles. The first-order chi connectivity index (χ1) is 14.0. The third kappa shape index (κ3) is 5.33. The van der Waals surface area contributed by atoms with Crippen LogP contribution in [0.25, 0.3) is 0 Å². The third-order valence-corrected chi connectivity index (χ3v) is 5.79. The number of ether oxygens (including phenoxy) is 3. The highest BCUT2D eigenvalue weighted by Crippen LogP contribution is 2.27. The number of methoxy groups -OCH3 is 2. The molecule has 2 aromatic rings. The maximum Gasteiger partial charge on any atom is 0.344 e. The number of carbonyl (C=O) groups excluding carboxylic acids is 1. The maximum atomic E-state index is 12.5. The lowest BCUT2D eigenvalue weighted by Crippen LogP contribution is -2.31. The first kappa shape index (κ1) is 21.3. The number of H-pyrrole nitrogens is 1. The van der Waals surface area contributed by atoms with E-state index in [-0.39, 0.29) is 17.7 Å². The zero-order valence-electron chi connectivity index (χ0n) is 16.8. The van der Waals surface area contributed by atoms with Crippen LogP contribution in [0.15, 0.2) is 28.2 Å². The Morgan fingerprint density at radius 3 is 2.90 bits per heavy atom. The molecule has 10 heteroatoms. The van der Waals surface area contributed by atoms with E-state index < -0.39 is 5.25 Å². The Labute approximate surface area is 173 Å². The molecule has 1 amide bonds. The van der Waals surface area contributed by atoms with Gasteiger partial charge in [0.2, 0.25) is 5.91 Å². The SMILES string of the molecule is COc1ccc(CNC(=O)[C@@H](C)Sc2n[nH]c(=O)n2C[C@@H]2CCCO2)cc1OC. The highest BCUT2D eigenvalue weighted by atomic mass is 32.2. The number of carbonyl (C=O) groups is 1. The zero-order chi connectivity index (χ0) is 20.8. The van der Waals surface area contributed by atoms with Crippen molar-refractivity contribution in [3.63, 3.8) is 0 Å². The third-order valence-electron chi connectivity index (χ3n) is 4.70. The summed E-state index contributed by atoms with van der Waals surface area (Å²) in [5.74, 6) is 1.09. The second-order valence-electron chi connectivity index (χ2n) is 6.72. The van der Waals surface area contributed by atoms with Gasteiger partial charge in [-0.3, -0.25) is 9.36 Å². The average molecular weight is 423 g/mol. The molecule has 1 saturated heterocycles. The maximum absolute atomic E-state index is 12.5. The number of amides is 1. The van der Waals surface area contributed by atoms with Crippen LogP contribution in [0.3, 0.4) is 0 Å². The van der Waals surface area contributed by atoms with Crippen molar-refractivity contribution in [3.05, 3.63) is 34.2 Å². The van der Waals surface area contributed by atoms with Crippen LogP contribution in [0.4, 0.5) is 0 Å². The van der Waals surface area contributed by atoms with Crippen molar-refractivity contribution in [2.45, 2.75) is 49.4 Å². The van der Waals surface area contributed by atoms with Crippen molar-refractivity contribution in [2.24, 2.45) is 0 Å². The number of benzene rings is 1. The number of rotatable bonds is 9. The fraction of sp³-hybridized carbons (Fsp3) is 0.526. The smallest absolute Gasteiger partial charge is 0.344 e.